The number of carbonyl (C=O) groups is 2. The van der Waals surface area contributed by atoms with Crippen molar-refractivity contribution >= 4 is 11.9 Å². The van der Waals surface area contributed by atoms with Crippen LogP contribution in [0.4, 0.5) is 0 Å². The third kappa shape index (κ3) is 8.30. The number of ether oxygens (including phenoxy) is 3. The molecule has 0 saturated heterocycles. The molecule has 3 rings (SSSR count). The van der Waals surface area contributed by atoms with Crippen molar-refractivity contribution in [2.45, 2.75) is 64.4 Å². The van der Waals surface area contributed by atoms with Gasteiger partial charge in [0.15, 0.2) is 0 Å². The zero-order valence-corrected chi connectivity index (χ0v) is 19.3. The average Bonchev–Trinajstić information content (AvgIpc) is 2.82. The van der Waals surface area contributed by atoms with Crippen molar-refractivity contribution < 1.29 is 28.9 Å². The fourth-order valence-electron chi connectivity index (χ4n) is 3.99. The van der Waals surface area contributed by atoms with Gasteiger partial charge in [0.05, 0.1) is 17.6 Å². The summed E-state index contributed by atoms with van der Waals surface area (Å²) in [6.45, 7) is 2.93. The van der Waals surface area contributed by atoms with Gasteiger partial charge in [-0.05, 0) is 87.4 Å². The topological polar surface area (TPSA) is 82.1 Å². The van der Waals surface area contributed by atoms with E-state index in [1.807, 2.05) is 19.1 Å². The number of unbranched alkanes of at least 4 members (excludes halogenated alkanes) is 3. The molecule has 1 saturated carbocycles. The molecular weight excluding hydrogens is 420 g/mol. The minimum Gasteiger partial charge on any atom is -0.426 e. The van der Waals surface area contributed by atoms with Crippen LogP contribution in [0.5, 0.6) is 11.5 Å². The highest BCUT2D eigenvalue weighted by atomic mass is 16.5. The number of rotatable bonds is 11. The third-order valence-corrected chi connectivity index (χ3v) is 5.92. The lowest BCUT2D eigenvalue weighted by Gasteiger charge is -2.27. The summed E-state index contributed by atoms with van der Waals surface area (Å²) in [6, 6.07) is 13.8. The van der Waals surface area contributed by atoms with Gasteiger partial charge in [0.25, 0.3) is 0 Å². The number of carbonyl (C=O) groups excluding carboxylic acids is 2. The van der Waals surface area contributed by atoms with Crippen molar-refractivity contribution in [3.8, 4) is 11.5 Å². The average molecular weight is 455 g/mol. The first kappa shape index (κ1) is 24.9. The van der Waals surface area contributed by atoms with Crippen molar-refractivity contribution in [2.75, 3.05) is 13.2 Å². The monoisotopic (exact) mass is 454 g/mol. The predicted octanol–water partition coefficient (Wildman–Crippen LogP) is 5.25. The summed E-state index contributed by atoms with van der Waals surface area (Å²) in [4.78, 5) is 24.9. The van der Waals surface area contributed by atoms with E-state index >= 15 is 0 Å². The maximum absolute atomic E-state index is 12.6. The number of hydrogen-bond donors (Lipinski definition) is 1. The number of aliphatic hydroxyl groups is 1. The molecule has 1 N–H and O–H groups in total. The van der Waals surface area contributed by atoms with Crippen molar-refractivity contribution in [1.29, 1.82) is 0 Å². The van der Waals surface area contributed by atoms with E-state index in [1.165, 1.54) is 0 Å². The van der Waals surface area contributed by atoms with Crippen molar-refractivity contribution in [3.63, 3.8) is 0 Å². The molecule has 2 aromatic rings. The molecule has 0 bridgehead atoms. The summed E-state index contributed by atoms with van der Waals surface area (Å²) < 4.78 is 16.9. The summed E-state index contributed by atoms with van der Waals surface area (Å²) in [7, 11) is 0. The SMILES string of the molecule is Cc1cccc(OC(=O)c2ccc(OC(=O)C3CCC(OCCCCCCO)CC3)cc2)c1. The van der Waals surface area contributed by atoms with Gasteiger partial charge >= 0.3 is 11.9 Å². The Hall–Kier alpha value is -2.70. The van der Waals surface area contributed by atoms with Crippen molar-refractivity contribution in [3.05, 3.63) is 59.7 Å². The predicted molar refractivity (Wildman–Crippen MR) is 125 cm³/mol. The Kier molecular flexibility index (Phi) is 9.91. The molecule has 0 spiro atoms. The number of hydrogen-bond acceptors (Lipinski definition) is 6. The molecular formula is C27H34O6. The zero-order chi connectivity index (χ0) is 23.5. The van der Waals surface area contributed by atoms with Gasteiger partial charge < -0.3 is 19.3 Å². The normalized spacial score (nSPS) is 18.0. The van der Waals surface area contributed by atoms with E-state index in [9.17, 15) is 9.59 Å². The highest BCUT2D eigenvalue weighted by Gasteiger charge is 2.28. The molecule has 0 radical (unpaired) electrons. The molecule has 0 unspecified atom stereocenters. The lowest BCUT2D eigenvalue weighted by molar-refractivity contribution is -0.141. The second kappa shape index (κ2) is 13.1. The van der Waals surface area contributed by atoms with Gasteiger partial charge in [-0.15, -0.1) is 0 Å². The summed E-state index contributed by atoms with van der Waals surface area (Å²) >= 11 is 0. The summed E-state index contributed by atoms with van der Waals surface area (Å²) in [5.74, 6) is 0.114. The Morgan fingerprint density at radius 3 is 2.30 bits per heavy atom. The van der Waals surface area contributed by atoms with Crippen LogP contribution in [0.2, 0.25) is 0 Å². The quantitative estimate of drug-likeness (QED) is 0.284. The lowest BCUT2D eigenvalue weighted by atomic mass is 9.87. The van der Waals surface area contributed by atoms with E-state index in [-0.39, 0.29) is 24.6 Å². The Bertz CT molecular complexity index is 884. The van der Waals surface area contributed by atoms with Crippen molar-refractivity contribution in [2.24, 2.45) is 5.92 Å². The third-order valence-electron chi connectivity index (χ3n) is 5.92. The van der Waals surface area contributed by atoms with Crippen LogP contribution in [0.1, 0.15) is 67.3 Å². The summed E-state index contributed by atoms with van der Waals surface area (Å²) in [5, 5.41) is 8.79. The molecule has 0 atom stereocenters. The largest absolute Gasteiger partial charge is 0.426 e. The Balaban J connectivity index is 1.38. The summed E-state index contributed by atoms with van der Waals surface area (Å²) in [6.07, 6.45) is 7.43. The highest BCUT2D eigenvalue weighted by Crippen LogP contribution is 2.28. The van der Waals surface area contributed by atoms with E-state index in [1.54, 1.807) is 36.4 Å². The Labute approximate surface area is 195 Å². The molecule has 0 aliphatic heterocycles. The van der Waals surface area contributed by atoms with Crippen LogP contribution < -0.4 is 9.47 Å². The molecule has 33 heavy (non-hydrogen) atoms. The van der Waals surface area contributed by atoms with Crippen LogP contribution in [-0.4, -0.2) is 36.4 Å². The molecule has 6 nitrogen and oxygen atoms in total. The molecule has 1 fully saturated rings. The molecule has 0 aromatic heterocycles. The first-order valence-electron chi connectivity index (χ1n) is 11.9. The maximum Gasteiger partial charge on any atom is 0.343 e. The van der Waals surface area contributed by atoms with Gasteiger partial charge in [-0.1, -0.05) is 25.0 Å². The van der Waals surface area contributed by atoms with Crippen LogP contribution in [-0.2, 0) is 9.53 Å². The zero-order valence-electron chi connectivity index (χ0n) is 19.3. The Morgan fingerprint density at radius 1 is 0.879 bits per heavy atom. The van der Waals surface area contributed by atoms with Gasteiger partial charge in [0.1, 0.15) is 11.5 Å². The maximum atomic E-state index is 12.6. The molecule has 2 aromatic carbocycles. The van der Waals surface area contributed by atoms with Gasteiger partial charge in [0, 0.05) is 13.2 Å². The number of aryl methyl sites for hydroxylation is 1. The minimum absolute atomic E-state index is 0.125. The number of aliphatic hydroxyl groups excluding tert-OH is 1. The Morgan fingerprint density at radius 2 is 1.61 bits per heavy atom. The molecule has 1 aliphatic carbocycles. The van der Waals surface area contributed by atoms with Crippen LogP contribution in [0.3, 0.4) is 0 Å². The minimum atomic E-state index is -0.454. The molecule has 0 amide bonds. The molecule has 6 heteroatoms. The van der Waals surface area contributed by atoms with Gasteiger partial charge in [-0.3, -0.25) is 4.79 Å². The lowest BCUT2D eigenvalue weighted by Crippen LogP contribution is -2.29. The molecule has 178 valence electrons. The van der Waals surface area contributed by atoms with E-state index in [4.69, 9.17) is 19.3 Å². The highest BCUT2D eigenvalue weighted by molar-refractivity contribution is 5.91. The summed E-state index contributed by atoms with van der Waals surface area (Å²) in [5.41, 5.74) is 1.41. The first-order chi connectivity index (χ1) is 16.0. The van der Waals surface area contributed by atoms with Gasteiger partial charge in [-0.25, -0.2) is 4.79 Å². The smallest absolute Gasteiger partial charge is 0.343 e. The molecule has 0 heterocycles. The standard InChI is InChI=1S/C27H34O6/c1-20-7-6-8-25(19-20)33-27(30)22-11-15-24(16-12-22)32-26(29)21-9-13-23(14-10-21)31-18-5-3-2-4-17-28/h6-8,11-12,15-16,19,21,23,28H,2-5,9-10,13-14,17-18H2,1H3. The van der Waals surface area contributed by atoms with Crippen molar-refractivity contribution in [1.82, 2.24) is 0 Å². The van der Waals surface area contributed by atoms with E-state index in [0.717, 1.165) is 63.5 Å². The fourth-order valence-corrected chi connectivity index (χ4v) is 3.99. The van der Waals surface area contributed by atoms with Crippen LogP contribution >= 0.6 is 0 Å². The van der Waals surface area contributed by atoms with Gasteiger partial charge in [0.2, 0.25) is 0 Å². The van der Waals surface area contributed by atoms with Gasteiger partial charge in [-0.2, -0.15) is 0 Å². The first-order valence-corrected chi connectivity index (χ1v) is 11.9. The second-order valence-corrected chi connectivity index (χ2v) is 8.63. The second-order valence-electron chi connectivity index (χ2n) is 8.63. The van der Waals surface area contributed by atoms with E-state index < -0.39 is 5.97 Å². The fraction of sp³-hybridized carbons (Fsp3) is 0.481. The van der Waals surface area contributed by atoms with Crippen LogP contribution in [0, 0.1) is 12.8 Å². The van der Waals surface area contributed by atoms with E-state index in [2.05, 4.69) is 0 Å². The van der Waals surface area contributed by atoms with Crippen LogP contribution in [0.15, 0.2) is 48.5 Å². The van der Waals surface area contributed by atoms with Crippen LogP contribution in [0.25, 0.3) is 0 Å². The van der Waals surface area contributed by atoms with E-state index in [0.29, 0.717) is 17.1 Å². The molecule has 1 aliphatic rings. The number of esters is 2. The number of benzene rings is 2.